The smallest absolute Gasteiger partial charge is 0.236 e. The maximum atomic E-state index is 12.1. The van der Waals surface area contributed by atoms with Crippen LogP contribution < -0.4 is 5.32 Å². The van der Waals surface area contributed by atoms with Crippen molar-refractivity contribution in [3.8, 4) is 0 Å². The Balaban J connectivity index is 2.32. The zero-order chi connectivity index (χ0) is 13.9. The first-order valence-electron chi connectivity index (χ1n) is 7.36. The molecule has 1 saturated carbocycles. The zero-order valence-corrected chi connectivity index (χ0v) is 12.2. The maximum absolute atomic E-state index is 12.1. The van der Waals surface area contributed by atoms with Crippen LogP contribution in [0.25, 0.3) is 0 Å². The van der Waals surface area contributed by atoms with E-state index in [-0.39, 0.29) is 5.91 Å². The van der Waals surface area contributed by atoms with E-state index >= 15 is 0 Å². The van der Waals surface area contributed by atoms with Gasteiger partial charge in [0.1, 0.15) is 0 Å². The quantitative estimate of drug-likeness (QED) is 0.512. The largest absolute Gasteiger partial charge is 0.383 e. The van der Waals surface area contributed by atoms with Crippen molar-refractivity contribution < 1.29 is 9.53 Å². The molecule has 1 aliphatic carbocycles. The number of hydrogen-bond donors (Lipinski definition) is 1. The molecule has 1 N–H and O–H groups in total. The number of carbonyl (C=O) groups excluding carboxylic acids is 1. The second-order valence-electron chi connectivity index (χ2n) is 5.26. The second-order valence-corrected chi connectivity index (χ2v) is 5.26. The molecule has 0 atom stereocenters. The molecule has 1 fully saturated rings. The Morgan fingerprint density at radius 1 is 1.42 bits per heavy atom. The van der Waals surface area contributed by atoms with Crippen LogP contribution in [-0.2, 0) is 9.53 Å². The van der Waals surface area contributed by atoms with Gasteiger partial charge in [0.05, 0.1) is 13.2 Å². The number of nitrogens with one attached hydrogen (secondary N) is 1. The lowest BCUT2D eigenvalue weighted by Crippen LogP contribution is -2.41. The second kappa shape index (κ2) is 9.98. The number of amides is 1. The fourth-order valence-corrected chi connectivity index (χ4v) is 2.60. The number of nitrogens with zero attached hydrogens (tertiary/aromatic N) is 1. The predicted molar refractivity (Wildman–Crippen MR) is 78.1 cm³/mol. The third-order valence-corrected chi connectivity index (χ3v) is 3.66. The molecule has 0 unspecified atom stereocenters. The molecule has 4 heteroatoms. The molecule has 0 aromatic carbocycles. The van der Waals surface area contributed by atoms with Crippen molar-refractivity contribution in [2.24, 2.45) is 5.92 Å². The van der Waals surface area contributed by atoms with E-state index in [0.717, 1.165) is 6.54 Å². The highest BCUT2D eigenvalue weighted by Crippen LogP contribution is 2.24. The lowest BCUT2D eigenvalue weighted by Gasteiger charge is -2.29. The van der Waals surface area contributed by atoms with Gasteiger partial charge in [0.2, 0.25) is 5.91 Å². The summed E-state index contributed by atoms with van der Waals surface area (Å²) in [6, 6.07) is 0. The third kappa shape index (κ3) is 6.73. The Kier molecular flexibility index (Phi) is 8.50. The highest BCUT2D eigenvalue weighted by Gasteiger charge is 2.19. The average molecular weight is 268 g/mol. The van der Waals surface area contributed by atoms with Crippen LogP contribution >= 0.6 is 0 Å². The van der Waals surface area contributed by atoms with E-state index in [1.54, 1.807) is 7.11 Å². The van der Waals surface area contributed by atoms with E-state index in [0.29, 0.717) is 32.2 Å². The highest BCUT2D eigenvalue weighted by atomic mass is 16.5. The molecule has 1 rings (SSSR count). The molecule has 110 valence electrons. The van der Waals surface area contributed by atoms with Gasteiger partial charge in [0.15, 0.2) is 0 Å². The van der Waals surface area contributed by atoms with Crippen molar-refractivity contribution in [1.29, 1.82) is 0 Å². The average Bonchev–Trinajstić information content (AvgIpc) is 2.44. The van der Waals surface area contributed by atoms with Crippen LogP contribution in [0.5, 0.6) is 0 Å². The summed E-state index contributed by atoms with van der Waals surface area (Å²) in [4.78, 5) is 14.1. The molecule has 0 aromatic rings. The van der Waals surface area contributed by atoms with Gasteiger partial charge < -0.3 is 15.0 Å². The Morgan fingerprint density at radius 2 is 2.16 bits per heavy atom. The van der Waals surface area contributed by atoms with E-state index in [2.05, 4.69) is 11.9 Å². The van der Waals surface area contributed by atoms with Gasteiger partial charge in [-0.25, -0.2) is 0 Å². The van der Waals surface area contributed by atoms with Gasteiger partial charge in [-0.15, -0.1) is 6.58 Å². The van der Waals surface area contributed by atoms with Gasteiger partial charge >= 0.3 is 0 Å². The lowest BCUT2D eigenvalue weighted by atomic mass is 9.89. The van der Waals surface area contributed by atoms with Gasteiger partial charge in [0, 0.05) is 26.7 Å². The summed E-state index contributed by atoms with van der Waals surface area (Å²) in [7, 11) is 1.66. The summed E-state index contributed by atoms with van der Waals surface area (Å²) >= 11 is 0. The SMILES string of the molecule is C=CCN(CC1CCCCC1)C(=O)CNCCOC. The van der Waals surface area contributed by atoms with Crippen molar-refractivity contribution in [1.82, 2.24) is 10.2 Å². The van der Waals surface area contributed by atoms with Crippen LogP contribution in [0.4, 0.5) is 0 Å². The molecule has 0 heterocycles. The topological polar surface area (TPSA) is 41.6 Å². The zero-order valence-electron chi connectivity index (χ0n) is 12.2. The van der Waals surface area contributed by atoms with Crippen molar-refractivity contribution in [3.05, 3.63) is 12.7 Å². The molecular formula is C15H28N2O2. The fraction of sp³-hybridized carbons (Fsp3) is 0.800. The molecule has 0 bridgehead atoms. The number of ether oxygens (including phenoxy) is 1. The molecular weight excluding hydrogens is 240 g/mol. The van der Waals surface area contributed by atoms with Crippen LogP contribution in [-0.4, -0.2) is 50.7 Å². The molecule has 0 aliphatic heterocycles. The minimum absolute atomic E-state index is 0.168. The third-order valence-electron chi connectivity index (χ3n) is 3.66. The summed E-state index contributed by atoms with van der Waals surface area (Å²) in [6.45, 7) is 7.04. The molecule has 0 saturated heterocycles. The van der Waals surface area contributed by atoms with Gasteiger partial charge in [-0.2, -0.15) is 0 Å². The summed E-state index contributed by atoms with van der Waals surface area (Å²) in [5.41, 5.74) is 0. The van der Waals surface area contributed by atoms with Gasteiger partial charge in [-0.3, -0.25) is 4.79 Å². The normalized spacial score (nSPS) is 16.3. The fourth-order valence-electron chi connectivity index (χ4n) is 2.60. The molecule has 19 heavy (non-hydrogen) atoms. The summed E-state index contributed by atoms with van der Waals surface area (Å²) < 4.78 is 4.95. The Hall–Kier alpha value is -0.870. The van der Waals surface area contributed by atoms with Gasteiger partial charge in [-0.05, 0) is 18.8 Å². The lowest BCUT2D eigenvalue weighted by molar-refractivity contribution is -0.130. The molecule has 1 aliphatic rings. The van der Waals surface area contributed by atoms with Gasteiger partial charge in [0.25, 0.3) is 0 Å². The highest BCUT2D eigenvalue weighted by molar-refractivity contribution is 5.78. The minimum Gasteiger partial charge on any atom is -0.383 e. The van der Waals surface area contributed by atoms with E-state index in [4.69, 9.17) is 4.74 Å². The van der Waals surface area contributed by atoms with E-state index in [1.165, 1.54) is 32.1 Å². The molecule has 0 spiro atoms. The Bertz CT molecular complexity index is 263. The number of hydrogen-bond acceptors (Lipinski definition) is 3. The summed E-state index contributed by atoms with van der Waals surface area (Å²) in [5, 5.41) is 3.11. The number of methoxy groups -OCH3 is 1. The van der Waals surface area contributed by atoms with E-state index in [1.807, 2.05) is 11.0 Å². The maximum Gasteiger partial charge on any atom is 0.236 e. The molecule has 0 aromatic heterocycles. The Labute approximate surface area is 117 Å². The Morgan fingerprint density at radius 3 is 2.79 bits per heavy atom. The number of carbonyl (C=O) groups is 1. The van der Waals surface area contributed by atoms with Crippen molar-refractivity contribution in [2.75, 3.05) is 39.9 Å². The van der Waals surface area contributed by atoms with Crippen molar-refractivity contribution in [3.63, 3.8) is 0 Å². The van der Waals surface area contributed by atoms with Crippen molar-refractivity contribution >= 4 is 5.91 Å². The van der Waals surface area contributed by atoms with Crippen LogP contribution in [0.2, 0.25) is 0 Å². The van der Waals surface area contributed by atoms with Crippen LogP contribution in [0.1, 0.15) is 32.1 Å². The molecule has 0 radical (unpaired) electrons. The number of rotatable bonds is 9. The van der Waals surface area contributed by atoms with Gasteiger partial charge in [-0.1, -0.05) is 25.3 Å². The monoisotopic (exact) mass is 268 g/mol. The van der Waals surface area contributed by atoms with Crippen LogP contribution in [0, 0.1) is 5.92 Å². The van der Waals surface area contributed by atoms with Crippen LogP contribution in [0.15, 0.2) is 12.7 Å². The predicted octanol–water partition coefficient (Wildman–Crippen LogP) is 1.82. The summed E-state index contributed by atoms with van der Waals surface area (Å²) in [5.74, 6) is 0.846. The standard InChI is InChI=1S/C15H28N2O2/c1-3-10-17(13-14-7-5-4-6-8-14)15(18)12-16-9-11-19-2/h3,14,16H,1,4-13H2,2H3. The van der Waals surface area contributed by atoms with Crippen molar-refractivity contribution in [2.45, 2.75) is 32.1 Å². The van der Waals surface area contributed by atoms with Crippen LogP contribution in [0.3, 0.4) is 0 Å². The first-order chi connectivity index (χ1) is 9.27. The molecule has 1 amide bonds. The first kappa shape index (κ1) is 16.2. The first-order valence-corrected chi connectivity index (χ1v) is 7.36. The van der Waals surface area contributed by atoms with E-state index in [9.17, 15) is 4.79 Å². The summed E-state index contributed by atoms with van der Waals surface area (Å²) in [6.07, 6.45) is 8.32. The molecule has 4 nitrogen and oxygen atoms in total. The van der Waals surface area contributed by atoms with E-state index < -0.39 is 0 Å². The minimum atomic E-state index is 0.168.